The van der Waals surface area contributed by atoms with Crippen LogP contribution in [0, 0.1) is 0 Å². The van der Waals surface area contributed by atoms with Gasteiger partial charge in [-0.1, -0.05) is 41.9 Å². The predicted octanol–water partition coefficient (Wildman–Crippen LogP) is 3.38. The average molecular weight is 333 g/mol. The summed E-state index contributed by atoms with van der Waals surface area (Å²) in [6, 6.07) is 14.8. The van der Waals surface area contributed by atoms with Crippen molar-refractivity contribution in [1.29, 1.82) is 0 Å². The van der Waals surface area contributed by atoms with Crippen molar-refractivity contribution >= 4 is 17.5 Å². The highest BCUT2D eigenvalue weighted by Crippen LogP contribution is 2.25. The van der Waals surface area contributed by atoms with Crippen molar-refractivity contribution in [2.24, 2.45) is 0 Å². The van der Waals surface area contributed by atoms with Gasteiger partial charge in [0.2, 0.25) is 0 Å². The largest absolute Gasteiger partial charge is 0.496 e. The maximum atomic E-state index is 12.4. The summed E-state index contributed by atoms with van der Waals surface area (Å²) < 4.78 is 5.23. The number of carbonyl (C=O) groups is 1. The first-order chi connectivity index (χ1) is 11.0. The van der Waals surface area contributed by atoms with E-state index in [0.717, 1.165) is 5.56 Å². The molecule has 0 aliphatic heterocycles. The second-order valence-electron chi connectivity index (χ2n) is 5.41. The van der Waals surface area contributed by atoms with Gasteiger partial charge >= 0.3 is 0 Å². The molecule has 0 aromatic heterocycles. The molecule has 122 valence electrons. The molecule has 0 heterocycles. The number of halogens is 1. The van der Waals surface area contributed by atoms with Crippen molar-refractivity contribution in [1.82, 2.24) is 10.2 Å². The van der Waals surface area contributed by atoms with Crippen LogP contribution in [0.15, 0.2) is 48.5 Å². The second-order valence-corrected chi connectivity index (χ2v) is 5.82. The lowest BCUT2D eigenvalue weighted by molar-refractivity contribution is 0.0939. The van der Waals surface area contributed by atoms with Crippen LogP contribution in [-0.2, 0) is 0 Å². The van der Waals surface area contributed by atoms with Crippen molar-refractivity contribution in [2.45, 2.75) is 6.04 Å². The van der Waals surface area contributed by atoms with Gasteiger partial charge in [0.25, 0.3) is 5.91 Å². The number of nitrogens with zero attached hydrogens (tertiary/aromatic N) is 1. The third-order valence-electron chi connectivity index (χ3n) is 3.70. The molecule has 1 amide bonds. The molecular formula is C18H21ClN2O2. The van der Waals surface area contributed by atoms with Gasteiger partial charge in [-0.15, -0.1) is 0 Å². The molecule has 1 atom stereocenters. The first kappa shape index (κ1) is 17.3. The van der Waals surface area contributed by atoms with Crippen LogP contribution in [0.1, 0.15) is 22.0 Å². The van der Waals surface area contributed by atoms with Crippen molar-refractivity contribution in [3.8, 4) is 5.75 Å². The number of amides is 1. The first-order valence-electron chi connectivity index (χ1n) is 7.36. The van der Waals surface area contributed by atoms with Crippen LogP contribution in [0.5, 0.6) is 5.75 Å². The molecule has 5 heteroatoms. The number of ether oxygens (including phenoxy) is 1. The van der Waals surface area contributed by atoms with Crippen molar-refractivity contribution in [3.05, 3.63) is 64.7 Å². The molecule has 4 nitrogen and oxygen atoms in total. The Balaban J connectivity index is 2.13. The quantitative estimate of drug-likeness (QED) is 0.881. The highest BCUT2D eigenvalue weighted by atomic mass is 35.5. The van der Waals surface area contributed by atoms with E-state index in [2.05, 4.69) is 5.32 Å². The lowest BCUT2D eigenvalue weighted by Gasteiger charge is -2.26. The Morgan fingerprint density at radius 1 is 1.17 bits per heavy atom. The average Bonchev–Trinajstić information content (AvgIpc) is 2.56. The molecule has 2 rings (SSSR count). The fourth-order valence-corrected chi connectivity index (χ4v) is 2.69. The smallest absolute Gasteiger partial charge is 0.255 e. The van der Waals surface area contributed by atoms with E-state index in [1.54, 1.807) is 19.2 Å². The van der Waals surface area contributed by atoms with E-state index < -0.39 is 0 Å². The molecule has 2 aromatic rings. The van der Waals surface area contributed by atoms with E-state index in [1.165, 1.54) is 0 Å². The number of hydrogen-bond acceptors (Lipinski definition) is 3. The predicted molar refractivity (Wildman–Crippen MR) is 93.2 cm³/mol. The maximum absolute atomic E-state index is 12.4. The van der Waals surface area contributed by atoms with Crippen molar-refractivity contribution in [3.63, 3.8) is 0 Å². The summed E-state index contributed by atoms with van der Waals surface area (Å²) in [7, 11) is 5.48. The van der Waals surface area contributed by atoms with E-state index in [9.17, 15) is 4.79 Å². The van der Waals surface area contributed by atoms with E-state index in [0.29, 0.717) is 22.9 Å². The number of para-hydroxylation sites is 1. The molecule has 0 bridgehead atoms. The minimum absolute atomic E-state index is 0.0117. The molecule has 0 aliphatic rings. The third kappa shape index (κ3) is 4.24. The number of hydrogen-bond donors (Lipinski definition) is 1. The number of rotatable bonds is 6. The van der Waals surface area contributed by atoms with Gasteiger partial charge in [0.05, 0.1) is 18.7 Å². The molecule has 0 spiro atoms. The maximum Gasteiger partial charge on any atom is 0.255 e. The fraction of sp³-hybridized carbons (Fsp3) is 0.278. The summed E-state index contributed by atoms with van der Waals surface area (Å²) in [4.78, 5) is 14.5. The monoisotopic (exact) mass is 332 g/mol. The summed E-state index contributed by atoms with van der Waals surface area (Å²) in [6.45, 7) is 0.452. The van der Waals surface area contributed by atoms with Gasteiger partial charge in [0.1, 0.15) is 5.75 Å². The van der Waals surface area contributed by atoms with Crippen molar-refractivity contribution in [2.75, 3.05) is 27.7 Å². The van der Waals surface area contributed by atoms with Crippen LogP contribution >= 0.6 is 11.6 Å². The van der Waals surface area contributed by atoms with Gasteiger partial charge in [0.15, 0.2) is 0 Å². The summed E-state index contributed by atoms with van der Waals surface area (Å²) in [6.07, 6.45) is 0. The Hall–Kier alpha value is -2.04. The Kier molecular flexibility index (Phi) is 6.02. The van der Waals surface area contributed by atoms with Crippen LogP contribution in [0.4, 0.5) is 0 Å². The Labute approximate surface area is 142 Å². The SMILES string of the molecule is COc1ccccc1C(=O)NCC(c1ccccc1Cl)N(C)C. The minimum Gasteiger partial charge on any atom is -0.496 e. The molecule has 0 aliphatic carbocycles. The van der Waals surface area contributed by atoms with E-state index in [-0.39, 0.29) is 11.9 Å². The van der Waals surface area contributed by atoms with E-state index in [4.69, 9.17) is 16.3 Å². The molecular weight excluding hydrogens is 312 g/mol. The molecule has 2 aromatic carbocycles. The van der Waals surface area contributed by atoms with Crippen LogP contribution < -0.4 is 10.1 Å². The number of nitrogens with one attached hydrogen (secondary N) is 1. The van der Waals surface area contributed by atoms with Gasteiger partial charge < -0.3 is 15.0 Å². The van der Waals surface area contributed by atoms with Crippen LogP contribution in [0.25, 0.3) is 0 Å². The highest BCUT2D eigenvalue weighted by Gasteiger charge is 2.19. The van der Waals surface area contributed by atoms with Gasteiger partial charge in [-0.25, -0.2) is 0 Å². The second kappa shape index (κ2) is 7.99. The third-order valence-corrected chi connectivity index (χ3v) is 4.04. The zero-order valence-electron chi connectivity index (χ0n) is 13.5. The Bertz CT molecular complexity index is 674. The normalized spacial score (nSPS) is 12.0. The Morgan fingerprint density at radius 3 is 2.48 bits per heavy atom. The molecule has 0 radical (unpaired) electrons. The fourth-order valence-electron chi connectivity index (χ4n) is 2.43. The van der Waals surface area contributed by atoms with Crippen molar-refractivity contribution < 1.29 is 9.53 Å². The number of methoxy groups -OCH3 is 1. The van der Waals surface area contributed by atoms with Gasteiger partial charge in [-0.05, 0) is 37.9 Å². The van der Waals surface area contributed by atoms with Gasteiger partial charge in [-0.2, -0.15) is 0 Å². The summed E-state index contributed by atoms with van der Waals surface area (Å²) >= 11 is 6.28. The van der Waals surface area contributed by atoms with E-state index >= 15 is 0 Å². The molecule has 0 saturated heterocycles. The topological polar surface area (TPSA) is 41.6 Å². The standard InChI is InChI=1S/C18H21ClN2O2/c1-21(2)16(13-8-4-6-10-15(13)19)12-20-18(22)14-9-5-7-11-17(14)23-3/h4-11,16H,12H2,1-3H3,(H,20,22). The van der Waals surface area contributed by atoms with Gasteiger partial charge in [0, 0.05) is 11.6 Å². The van der Waals surface area contributed by atoms with Gasteiger partial charge in [-0.3, -0.25) is 4.79 Å². The first-order valence-corrected chi connectivity index (χ1v) is 7.74. The molecule has 0 fully saturated rings. The minimum atomic E-state index is -0.165. The molecule has 1 unspecified atom stereocenters. The number of carbonyl (C=O) groups excluding carboxylic acids is 1. The van der Waals surface area contributed by atoms with E-state index in [1.807, 2.05) is 55.4 Å². The highest BCUT2D eigenvalue weighted by molar-refractivity contribution is 6.31. The summed E-state index contributed by atoms with van der Waals surface area (Å²) in [5.74, 6) is 0.394. The lowest BCUT2D eigenvalue weighted by Crippen LogP contribution is -2.34. The Morgan fingerprint density at radius 2 is 1.83 bits per heavy atom. The van der Waals surface area contributed by atoms with Crippen LogP contribution in [-0.4, -0.2) is 38.6 Å². The molecule has 23 heavy (non-hydrogen) atoms. The zero-order valence-corrected chi connectivity index (χ0v) is 14.3. The molecule has 0 saturated carbocycles. The molecule has 1 N–H and O–H groups in total. The lowest BCUT2D eigenvalue weighted by atomic mass is 10.1. The number of benzene rings is 2. The number of likely N-dealkylation sites (N-methyl/N-ethyl adjacent to an activating group) is 1. The summed E-state index contributed by atoms with van der Waals surface area (Å²) in [5.41, 5.74) is 1.51. The summed E-state index contributed by atoms with van der Waals surface area (Å²) in [5, 5.41) is 3.65. The zero-order chi connectivity index (χ0) is 16.8. The van der Waals surface area contributed by atoms with Crippen LogP contribution in [0.3, 0.4) is 0 Å². The van der Waals surface area contributed by atoms with Crippen LogP contribution in [0.2, 0.25) is 5.02 Å².